The Bertz CT molecular complexity index is 976. The first-order valence-electron chi connectivity index (χ1n) is 9.91. The number of pyridine rings is 1. The van der Waals surface area contributed by atoms with E-state index in [-0.39, 0.29) is 11.9 Å². The van der Waals surface area contributed by atoms with Crippen molar-refractivity contribution in [3.05, 3.63) is 88.7 Å². The fraction of sp³-hybridized carbons (Fsp3) is 0.280. The molecule has 0 spiro atoms. The van der Waals surface area contributed by atoms with Crippen molar-refractivity contribution in [2.24, 2.45) is 0 Å². The zero-order chi connectivity index (χ0) is 21.0. The molecule has 4 nitrogen and oxygen atoms in total. The number of benzene rings is 2. The molecule has 3 aromatic rings. The Kier molecular flexibility index (Phi) is 6.45. The number of rotatable bonds is 6. The molecule has 1 N–H and O–H groups in total. The third-order valence-electron chi connectivity index (χ3n) is 4.92. The molecule has 3 rings (SSSR count). The van der Waals surface area contributed by atoms with Crippen molar-refractivity contribution < 1.29 is 4.79 Å². The minimum absolute atomic E-state index is 0.0768. The van der Waals surface area contributed by atoms with E-state index >= 15 is 0 Å². The fourth-order valence-corrected chi connectivity index (χ4v) is 3.29. The van der Waals surface area contributed by atoms with Crippen molar-refractivity contribution in [2.75, 3.05) is 14.1 Å². The van der Waals surface area contributed by atoms with Crippen LogP contribution < -0.4 is 5.32 Å². The number of aryl methyl sites for hydroxylation is 2. The minimum atomic E-state index is -0.115. The molecule has 150 valence electrons. The monoisotopic (exact) mass is 387 g/mol. The largest absolute Gasteiger partial charge is 0.345 e. The predicted octanol–water partition coefficient (Wildman–Crippen LogP) is 4.92. The van der Waals surface area contributed by atoms with Gasteiger partial charge >= 0.3 is 0 Å². The molecule has 0 aliphatic rings. The highest BCUT2D eigenvalue weighted by atomic mass is 16.1. The molecule has 0 fully saturated rings. The highest BCUT2D eigenvalue weighted by Crippen LogP contribution is 2.24. The van der Waals surface area contributed by atoms with E-state index in [9.17, 15) is 4.79 Å². The van der Waals surface area contributed by atoms with E-state index in [1.165, 1.54) is 5.56 Å². The van der Waals surface area contributed by atoms with Crippen LogP contribution in [0.2, 0.25) is 0 Å². The second kappa shape index (κ2) is 9.01. The van der Waals surface area contributed by atoms with E-state index in [0.29, 0.717) is 5.56 Å². The Morgan fingerprint density at radius 3 is 2.34 bits per heavy atom. The lowest BCUT2D eigenvalue weighted by Gasteiger charge is -2.17. The summed E-state index contributed by atoms with van der Waals surface area (Å²) in [6.07, 6.45) is 1.82. The summed E-state index contributed by atoms with van der Waals surface area (Å²) in [5.74, 6) is -0.0768. The number of amides is 1. The maximum atomic E-state index is 13.0. The number of nitrogens with one attached hydrogen (secondary N) is 1. The van der Waals surface area contributed by atoms with Gasteiger partial charge in [0.1, 0.15) is 0 Å². The zero-order valence-electron chi connectivity index (χ0n) is 17.9. The van der Waals surface area contributed by atoms with E-state index in [4.69, 9.17) is 0 Å². The number of hydrogen-bond donors (Lipinski definition) is 1. The first-order valence-corrected chi connectivity index (χ1v) is 9.91. The van der Waals surface area contributed by atoms with Crippen molar-refractivity contribution in [3.63, 3.8) is 0 Å². The van der Waals surface area contributed by atoms with Crippen LogP contribution in [0.4, 0.5) is 0 Å². The average Bonchev–Trinajstić information content (AvgIpc) is 2.68. The molecule has 0 saturated carbocycles. The average molecular weight is 388 g/mol. The standard InChI is InChI=1S/C25H29N3O/c1-17-6-9-21(10-7-17)23-12-20(16-28(4)5)13-24(14-23)25(29)27-19(3)22-11-8-18(2)26-15-22/h6-15,19H,16H2,1-5H3,(H,27,29). The van der Waals surface area contributed by atoms with Gasteiger partial charge in [-0.1, -0.05) is 35.9 Å². The molecule has 0 bridgehead atoms. The molecule has 1 unspecified atom stereocenters. The lowest BCUT2D eigenvalue weighted by atomic mass is 9.98. The van der Waals surface area contributed by atoms with Crippen LogP contribution in [0.1, 0.15) is 45.7 Å². The van der Waals surface area contributed by atoms with Gasteiger partial charge in [0.2, 0.25) is 0 Å². The lowest BCUT2D eigenvalue weighted by molar-refractivity contribution is 0.0939. The Labute approximate surface area is 173 Å². The van der Waals surface area contributed by atoms with E-state index in [0.717, 1.165) is 34.5 Å². The van der Waals surface area contributed by atoms with Gasteiger partial charge in [0, 0.05) is 24.0 Å². The van der Waals surface area contributed by atoms with E-state index < -0.39 is 0 Å². The predicted molar refractivity (Wildman–Crippen MR) is 119 cm³/mol. The van der Waals surface area contributed by atoms with Gasteiger partial charge < -0.3 is 10.2 Å². The van der Waals surface area contributed by atoms with Gasteiger partial charge in [-0.05, 0) is 81.4 Å². The summed E-state index contributed by atoms with van der Waals surface area (Å²) >= 11 is 0. The van der Waals surface area contributed by atoms with Gasteiger partial charge in [-0.2, -0.15) is 0 Å². The summed E-state index contributed by atoms with van der Waals surface area (Å²) in [4.78, 5) is 19.5. The van der Waals surface area contributed by atoms with Crippen LogP contribution in [-0.2, 0) is 6.54 Å². The number of hydrogen-bond acceptors (Lipinski definition) is 3. The van der Waals surface area contributed by atoms with Gasteiger partial charge in [0.25, 0.3) is 5.91 Å². The minimum Gasteiger partial charge on any atom is -0.345 e. The normalized spacial score (nSPS) is 12.1. The van der Waals surface area contributed by atoms with E-state index in [1.54, 1.807) is 0 Å². The summed E-state index contributed by atoms with van der Waals surface area (Å²) in [6.45, 7) is 6.79. The molecular weight excluding hydrogens is 358 g/mol. The molecular formula is C25H29N3O. The van der Waals surface area contributed by atoms with Gasteiger partial charge in [0.05, 0.1) is 6.04 Å². The number of carbonyl (C=O) groups excluding carboxylic acids is 1. The van der Waals surface area contributed by atoms with Crippen molar-refractivity contribution in [3.8, 4) is 11.1 Å². The SMILES string of the molecule is Cc1ccc(-c2cc(CN(C)C)cc(C(=O)NC(C)c3ccc(C)nc3)c2)cc1. The van der Waals surface area contributed by atoms with Gasteiger partial charge in [-0.3, -0.25) is 9.78 Å². The number of carbonyl (C=O) groups is 1. The molecule has 1 aromatic heterocycles. The Hall–Kier alpha value is -2.98. The van der Waals surface area contributed by atoms with Crippen LogP contribution in [0.25, 0.3) is 11.1 Å². The molecule has 0 aliphatic carbocycles. The maximum absolute atomic E-state index is 13.0. The topological polar surface area (TPSA) is 45.2 Å². The second-order valence-corrected chi connectivity index (χ2v) is 7.95. The third kappa shape index (κ3) is 5.52. The summed E-state index contributed by atoms with van der Waals surface area (Å²) in [7, 11) is 4.07. The lowest BCUT2D eigenvalue weighted by Crippen LogP contribution is -2.27. The van der Waals surface area contributed by atoms with Crippen LogP contribution in [0.15, 0.2) is 60.8 Å². The smallest absolute Gasteiger partial charge is 0.251 e. The summed E-state index contributed by atoms with van der Waals surface area (Å²) in [5.41, 5.74) is 7.13. The first kappa shape index (κ1) is 20.7. The molecule has 4 heteroatoms. The first-order chi connectivity index (χ1) is 13.8. The van der Waals surface area contributed by atoms with Crippen LogP contribution in [0, 0.1) is 13.8 Å². The van der Waals surface area contributed by atoms with Crippen LogP contribution in [0.3, 0.4) is 0 Å². The molecule has 29 heavy (non-hydrogen) atoms. The van der Waals surface area contributed by atoms with Crippen molar-refractivity contribution in [1.29, 1.82) is 0 Å². The van der Waals surface area contributed by atoms with Gasteiger partial charge in [-0.15, -0.1) is 0 Å². The van der Waals surface area contributed by atoms with E-state index in [1.807, 2.05) is 58.4 Å². The van der Waals surface area contributed by atoms with Crippen LogP contribution in [-0.4, -0.2) is 29.9 Å². The summed E-state index contributed by atoms with van der Waals surface area (Å²) in [5, 5.41) is 3.11. The molecule has 2 aromatic carbocycles. The Morgan fingerprint density at radius 2 is 1.72 bits per heavy atom. The number of nitrogens with zero attached hydrogens (tertiary/aromatic N) is 2. The quantitative estimate of drug-likeness (QED) is 0.653. The second-order valence-electron chi connectivity index (χ2n) is 7.95. The van der Waals surface area contributed by atoms with Crippen LogP contribution >= 0.6 is 0 Å². The fourth-order valence-electron chi connectivity index (χ4n) is 3.29. The molecule has 0 saturated heterocycles. The summed E-state index contributed by atoms with van der Waals surface area (Å²) < 4.78 is 0. The zero-order valence-corrected chi connectivity index (χ0v) is 17.9. The Balaban J connectivity index is 1.89. The summed E-state index contributed by atoms with van der Waals surface area (Å²) in [6, 6.07) is 18.4. The Morgan fingerprint density at radius 1 is 1.00 bits per heavy atom. The molecule has 0 radical (unpaired) electrons. The molecule has 0 aliphatic heterocycles. The molecule has 1 heterocycles. The molecule has 1 atom stereocenters. The van der Waals surface area contributed by atoms with Crippen molar-refractivity contribution >= 4 is 5.91 Å². The van der Waals surface area contributed by atoms with Crippen molar-refractivity contribution in [1.82, 2.24) is 15.2 Å². The highest BCUT2D eigenvalue weighted by molar-refractivity contribution is 5.96. The highest BCUT2D eigenvalue weighted by Gasteiger charge is 2.14. The maximum Gasteiger partial charge on any atom is 0.251 e. The van der Waals surface area contributed by atoms with Gasteiger partial charge in [0.15, 0.2) is 0 Å². The van der Waals surface area contributed by atoms with Crippen molar-refractivity contribution in [2.45, 2.75) is 33.4 Å². The van der Waals surface area contributed by atoms with Crippen LogP contribution in [0.5, 0.6) is 0 Å². The van der Waals surface area contributed by atoms with E-state index in [2.05, 4.69) is 52.5 Å². The third-order valence-corrected chi connectivity index (χ3v) is 4.92. The van der Waals surface area contributed by atoms with Gasteiger partial charge in [-0.25, -0.2) is 0 Å². The number of aromatic nitrogens is 1. The molecule has 1 amide bonds.